The number of Topliss-reactive ketones (excluding diaryl/α,β-unsaturated/α-hetero) is 2. The third-order valence-electron chi connectivity index (χ3n) is 3.06. The summed E-state index contributed by atoms with van der Waals surface area (Å²) >= 11 is 3.20. The third kappa shape index (κ3) is 2.95. The van der Waals surface area contributed by atoms with Crippen molar-refractivity contribution in [2.75, 3.05) is 6.79 Å². The average Bonchev–Trinajstić information content (AvgIpc) is 2.94. The molecule has 3 rings (SSSR count). The number of fused-ring (bicyclic) bond motifs is 1. The lowest BCUT2D eigenvalue weighted by molar-refractivity contribution is 0.0894. The second kappa shape index (κ2) is 5.65. The van der Waals surface area contributed by atoms with Gasteiger partial charge in [-0.2, -0.15) is 0 Å². The van der Waals surface area contributed by atoms with E-state index in [2.05, 4.69) is 20.9 Å². The number of nitrogens with zero attached hydrogens (tertiary/aromatic N) is 1. The Morgan fingerprint density at radius 2 is 1.76 bits per heavy atom. The van der Waals surface area contributed by atoms with Crippen LogP contribution < -0.4 is 9.47 Å². The molecule has 0 radical (unpaired) electrons. The quantitative estimate of drug-likeness (QED) is 0.483. The van der Waals surface area contributed by atoms with Gasteiger partial charge in [0, 0.05) is 17.3 Å². The SMILES string of the molecule is O=C(CC(=O)c1ccc2c(c1)OCO2)c1ccnc(Br)c1. The first-order valence-corrected chi connectivity index (χ1v) is 7.00. The minimum atomic E-state index is -0.258. The van der Waals surface area contributed by atoms with E-state index in [1.165, 1.54) is 6.20 Å². The van der Waals surface area contributed by atoms with E-state index in [4.69, 9.17) is 9.47 Å². The minimum Gasteiger partial charge on any atom is -0.454 e. The smallest absolute Gasteiger partial charge is 0.231 e. The monoisotopic (exact) mass is 347 g/mol. The Morgan fingerprint density at radius 3 is 2.52 bits per heavy atom. The molecule has 0 atom stereocenters. The fourth-order valence-corrected chi connectivity index (χ4v) is 2.36. The lowest BCUT2D eigenvalue weighted by Crippen LogP contribution is -2.08. The molecule has 0 spiro atoms. The van der Waals surface area contributed by atoms with Crippen molar-refractivity contribution in [1.82, 2.24) is 4.98 Å². The summed E-state index contributed by atoms with van der Waals surface area (Å²) in [6, 6.07) is 8.07. The molecule has 0 N–H and O–H groups in total. The number of carbonyl (C=O) groups is 2. The van der Waals surface area contributed by atoms with E-state index in [1.807, 2.05) is 0 Å². The zero-order valence-electron chi connectivity index (χ0n) is 10.8. The van der Waals surface area contributed by atoms with Gasteiger partial charge in [-0.05, 0) is 46.3 Å². The maximum Gasteiger partial charge on any atom is 0.231 e. The highest BCUT2D eigenvalue weighted by Gasteiger charge is 2.18. The molecular formula is C15H10BrNO4. The summed E-state index contributed by atoms with van der Waals surface area (Å²) in [4.78, 5) is 28.2. The molecule has 0 unspecified atom stereocenters. The van der Waals surface area contributed by atoms with Crippen LogP contribution >= 0.6 is 15.9 Å². The number of benzene rings is 1. The van der Waals surface area contributed by atoms with Crippen LogP contribution in [0.2, 0.25) is 0 Å². The Hall–Kier alpha value is -2.21. The van der Waals surface area contributed by atoms with Crippen LogP contribution in [0.3, 0.4) is 0 Å². The molecule has 5 nitrogen and oxygen atoms in total. The maximum atomic E-state index is 12.2. The van der Waals surface area contributed by atoms with Gasteiger partial charge in [0.05, 0.1) is 6.42 Å². The van der Waals surface area contributed by atoms with Crippen molar-refractivity contribution >= 4 is 27.5 Å². The van der Waals surface area contributed by atoms with Crippen molar-refractivity contribution in [3.8, 4) is 11.5 Å². The van der Waals surface area contributed by atoms with E-state index in [9.17, 15) is 9.59 Å². The molecule has 0 saturated carbocycles. The standard InChI is InChI=1S/C15H10BrNO4/c16-15-6-10(3-4-17-15)12(19)7-11(18)9-1-2-13-14(5-9)21-8-20-13/h1-6H,7-8H2. The fourth-order valence-electron chi connectivity index (χ4n) is 2.00. The summed E-state index contributed by atoms with van der Waals surface area (Å²) in [5.41, 5.74) is 0.881. The minimum absolute atomic E-state index is 0.150. The number of carbonyl (C=O) groups excluding carboxylic acids is 2. The Bertz CT molecular complexity index is 729. The van der Waals surface area contributed by atoms with Crippen LogP contribution in [0.5, 0.6) is 11.5 Å². The van der Waals surface area contributed by atoms with Crippen LogP contribution in [-0.2, 0) is 0 Å². The number of aromatic nitrogens is 1. The van der Waals surface area contributed by atoms with Gasteiger partial charge in [-0.1, -0.05) is 0 Å². The van der Waals surface area contributed by atoms with Gasteiger partial charge < -0.3 is 9.47 Å². The molecule has 6 heteroatoms. The predicted molar refractivity (Wildman–Crippen MR) is 77.8 cm³/mol. The average molecular weight is 348 g/mol. The summed E-state index contributed by atoms with van der Waals surface area (Å²) in [6.07, 6.45) is 1.32. The Balaban J connectivity index is 1.76. The summed E-state index contributed by atoms with van der Waals surface area (Å²) < 4.78 is 11.0. The molecule has 0 saturated heterocycles. The van der Waals surface area contributed by atoms with E-state index >= 15 is 0 Å². The molecule has 2 aromatic rings. The van der Waals surface area contributed by atoms with Gasteiger partial charge in [-0.15, -0.1) is 0 Å². The van der Waals surface area contributed by atoms with E-state index < -0.39 is 0 Å². The molecule has 2 heterocycles. The van der Waals surface area contributed by atoms with Gasteiger partial charge in [0.2, 0.25) is 6.79 Å². The van der Waals surface area contributed by atoms with E-state index in [1.54, 1.807) is 30.3 Å². The predicted octanol–water partition coefficient (Wildman–Crippen LogP) is 3.03. The van der Waals surface area contributed by atoms with Gasteiger partial charge in [-0.3, -0.25) is 9.59 Å². The summed E-state index contributed by atoms with van der Waals surface area (Å²) in [6.45, 7) is 0.150. The number of ketones is 2. The molecule has 106 valence electrons. The molecule has 1 aliphatic rings. The van der Waals surface area contributed by atoms with Crippen molar-refractivity contribution in [2.45, 2.75) is 6.42 Å². The number of pyridine rings is 1. The van der Waals surface area contributed by atoms with Crippen LogP contribution in [0.4, 0.5) is 0 Å². The summed E-state index contributed by atoms with van der Waals surface area (Å²) in [7, 11) is 0. The van der Waals surface area contributed by atoms with Crippen molar-refractivity contribution < 1.29 is 19.1 Å². The highest BCUT2D eigenvalue weighted by atomic mass is 79.9. The van der Waals surface area contributed by atoms with Crippen LogP contribution in [0.15, 0.2) is 41.1 Å². The van der Waals surface area contributed by atoms with Crippen LogP contribution in [0.25, 0.3) is 0 Å². The van der Waals surface area contributed by atoms with Crippen molar-refractivity contribution in [3.05, 3.63) is 52.3 Å². The van der Waals surface area contributed by atoms with E-state index in [-0.39, 0.29) is 24.8 Å². The topological polar surface area (TPSA) is 65.5 Å². The first-order valence-electron chi connectivity index (χ1n) is 6.21. The molecule has 0 bridgehead atoms. The van der Waals surface area contributed by atoms with E-state index in [0.717, 1.165) is 0 Å². The van der Waals surface area contributed by atoms with E-state index in [0.29, 0.717) is 27.2 Å². The molecule has 0 fully saturated rings. The van der Waals surface area contributed by atoms with Crippen molar-refractivity contribution in [1.29, 1.82) is 0 Å². The lowest BCUT2D eigenvalue weighted by atomic mass is 10.0. The summed E-state index contributed by atoms with van der Waals surface area (Å²) in [5, 5.41) is 0. The van der Waals surface area contributed by atoms with Crippen molar-refractivity contribution in [2.24, 2.45) is 0 Å². The van der Waals surface area contributed by atoms with Gasteiger partial charge in [-0.25, -0.2) is 4.98 Å². The zero-order chi connectivity index (χ0) is 14.8. The van der Waals surface area contributed by atoms with Gasteiger partial charge in [0.25, 0.3) is 0 Å². The first kappa shape index (κ1) is 13.8. The molecular weight excluding hydrogens is 338 g/mol. The molecule has 0 amide bonds. The van der Waals surface area contributed by atoms with Crippen molar-refractivity contribution in [3.63, 3.8) is 0 Å². The number of rotatable bonds is 4. The number of hydrogen-bond acceptors (Lipinski definition) is 5. The zero-order valence-corrected chi connectivity index (χ0v) is 12.4. The van der Waals surface area contributed by atoms with Crippen LogP contribution in [0, 0.1) is 0 Å². The second-order valence-corrected chi connectivity index (χ2v) is 5.27. The summed E-state index contributed by atoms with van der Waals surface area (Å²) in [5.74, 6) is 0.628. The fraction of sp³-hybridized carbons (Fsp3) is 0.133. The van der Waals surface area contributed by atoms with Gasteiger partial charge >= 0.3 is 0 Å². The highest BCUT2D eigenvalue weighted by Crippen LogP contribution is 2.32. The number of hydrogen-bond donors (Lipinski definition) is 0. The molecule has 1 aromatic heterocycles. The number of ether oxygens (including phenoxy) is 2. The third-order valence-corrected chi connectivity index (χ3v) is 3.50. The van der Waals surface area contributed by atoms with Crippen LogP contribution in [0.1, 0.15) is 27.1 Å². The molecule has 1 aromatic carbocycles. The second-order valence-electron chi connectivity index (χ2n) is 4.46. The maximum absolute atomic E-state index is 12.2. The Kier molecular flexibility index (Phi) is 3.70. The Labute approximate surface area is 129 Å². The highest BCUT2D eigenvalue weighted by molar-refractivity contribution is 9.10. The van der Waals surface area contributed by atoms with Gasteiger partial charge in [0.1, 0.15) is 4.60 Å². The molecule has 0 aliphatic carbocycles. The normalized spacial score (nSPS) is 12.2. The molecule has 1 aliphatic heterocycles. The lowest BCUT2D eigenvalue weighted by Gasteiger charge is -2.03. The van der Waals surface area contributed by atoms with Gasteiger partial charge in [0.15, 0.2) is 23.1 Å². The van der Waals surface area contributed by atoms with Crippen LogP contribution in [-0.4, -0.2) is 23.3 Å². The largest absolute Gasteiger partial charge is 0.454 e. The number of halogens is 1. The first-order chi connectivity index (χ1) is 10.1. The molecule has 21 heavy (non-hydrogen) atoms. The Morgan fingerprint density at radius 1 is 1.05 bits per heavy atom.